The molecule has 3 aromatic rings. The number of nitrogens with zero attached hydrogens (tertiary/aromatic N) is 1. The molecule has 4 rings (SSSR count). The number of rotatable bonds is 4. The number of benzene rings is 2. The standard InChI is InChI=1S/C19H16Cl2N4O/c20-13-6-8-15(9-7-13)22-19(26)23-18-16(11-4-5-11)24-25-17(18)12-2-1-3-14(21)10-12/h1-3,6-11H,4-5H2,(H,24,25)(H2,22,23,26). The summed E-state index contributed by atoms with van der Waals surface area (Å²) in [6.45, 7) is 0. The Morgan fingerprint density at radius 2 is 1.81 bits per heavy atom. The lowest BCUT2D eigenvalue weighted by Crippen LogP contribution is -2.20. The van der Waals surface area contributed by atoms with Crippen LogP contribution in [0, 0.1) is 0 Å². The third-order valence-electron chi connectivity index (χ3n) is 4.22. The highest BCUT2D eigenvalue weighted by atomic mass is 35.5. The van der Waals surface area contributed by atoms with Gasteiger partial charge in [-0.2, -0.15) is 5.10 Å². The number of anilines is 2. The maximum absolute atomic E-state index is 12.5. The zero-order valence-corrected chi connectivity index (χ0v) is 15.2. The molecule has 0 aliphatic heterocycles. The van der Waals surface area contributed by atoms with E-state index in [1.165, 1.54) is 0 Å². The molecular weight excluding hydrogens is 371 g/mol. The Kier molecular flexibility index (Phi) is 4.57. The molecule has 0 atom stereocenters. The van der Waals surface area contributed by atoms with Gasteiger partial charge in [0.1, 0.15) is 5.69 Å². The predicted octanol–water partition coefficient (Wildman–Crippen LogP) is 5.90. The molecule has 1 aliphatic carbocycles. The van der Waals surface area contributed by atoms with Crippen molar-refractivity contribution in [3.63, 3.8) is 0 Å². The van der Waals surface area contributed by atoms with E-state index in [9.17, 15) is 4.79 Å². The van der Waals surface area contributed by atoms with Gasteiger partial charge < -0.3 is 10.6 Å². The average Bonchev–Trinajstić information content (AvgIpc) is 3.38. The molecule has 7 heteroatoms. The number of urea groups is 1. The first-order valence-electron chi connectivity index (χ1n) is 8.28. The van der Waals surface area contributed by atoms with Gasteiger partial charge in [-0.05, 0) is 49.2 Å². The number of aromatic nitrogens is 2. The molecule has 0 spiro atoms. The third-order valence-corrected chi connectivity index (χ3v) is 4.71. The van der Waals surface area contributed by atoms with Crippen molar-refractivity contribution >= 4 is 40.6 Å². The van der Waals surface area contributed by atoms with Gasteiger partial charge in [-0.25, -0.2) is 4.79 Å². The Labute approximate surface area is 160 Å². The lowest BCUT2D eigenvalue weighted by Gasteiger charge is -2.10. The molecule has 3 N–H and O–H groups in total. The van der Waals surface area contributed by atoms with Gasteiger partial charge >= 0.3 is 6.03 Å². The molecule has 1 heterocycles. The Bertz CT molecular complexity index is 948. The van der Waals surface area contributed by atoms with Crippen molar-refractivity contribution in [2.24, 2.45) is 0 Å². The smallest absolute Gasteiger partial charge is 0.308 e. The van der Waals surface area contributed by atoms with Gasteiger partial charge in [-0.3, -0.25) is 5.10 Å². The molecule has 2 amide bonds. The number of hydrogen-bond acceptors (Lipinski definition) is 2. The first-order valence-corrected chi connectivity index (χ1v) is 9.03. The van der Waals surface area contributed by atoms with E-state index in [0.717, 1.165) is 24.1 Å². The lowest BCUT2D eigenvalue weighted by molar-refractivity contribution is 0.262. The van der Waals surface area contributed by atoms with Gasteiger partial charge in [0.05, 0.1) is 11.4 Å². The van der Waals surface area contributed by atoms with E-state index in [0.29, 0.717) is 33.0 Å². The van der Waals surface area contributed by atoms with Crippen LogP contribution in [-0.4, -0.2) is 16.2 Å². The molecule has 2 aromatic carbocycles. The minimum atomic E-state index is -0.334. The van der Waals surface area contributed by atoms with Crippen LogP contribution in [0.5, 0.6) is 0 Å². The van der Waals surface area contributed by atoms with Gasteiger partial charge in [-0.1, -0.05) is 35.3 Å². The van der Waals surface area contributed by atoms with E-state index >= 15 is 0 Å². The average molecular weight is 387 g/mol. The van der Waals surface area contributed by atoms with E-state index in [-0.39, 0.29) is 6.03 Å². The first-order chi connectivity index (χ1) is 12.6. The summed E-state index contributed by atoms with van der Waals surface area (Å²) in [7, 11) is 0. The molecule has 1 fully saturated rings. The Morgan fingerprint density at radius 3 is 2.50 bits per heavy atom. The molecular formula is C19H16Cl2N4O. The van der Waals surface area contributed by atoms with E-state index in [4.69, 9.17) is 23.2 Å². The van der Waals surface area contributed by atoms with Crippen molar-refractivity contribution in [3.8, 4) is 11.3 Å². The highest BCUT2D eigenvalue weighted by Gasteiger charge is 2.31. The number of carbonyl (C=O) groups excluding carboxylic acids is 1. The number of H-pyrrole nitrogens is 1. The van der Waals surface area contributed by atoms with Crippen molar-refractivity contribution in [1.82, 2.24) is 10.2 Å². The van der Waals surface area contributed by atoms with E-state index in [2.05, 4.69) is 20.8 Å². The minimum Gasteiger partial charge on any atom is -0.308 e. The van der Waals surface area contributed by atoms with Crippen molar-refractivity contribution in [2.45, 2.75) is 18.8 Å². The highest BCUT2D eigenvalue weighted by molar-refractivity contribution is 6.31. The molecule has 5 nitrogen and oxygen atoms in total. The summed E-state index contributed by atoms with van der Waals surface area (Å²) in [5.41, 5.74) is 3.84. The van der Waals surface area contributed by atoms with Crippen LogP contribution >= 0.6 is 23.2 Å². The van der Waals surface area contributed by atoms with E-state index in [1.807, 2.05) is 18.2 Å². The van der Waals surface area contributed by atoms with Crippen LogP contribution in [0.25, 0.3) is 11.3 Å². The largest absolute Gasteiger partial charge is 0.323 e. The van der Waals surface area contributed by atoms with Gasteiger partial charge in [0.15, 0.2) is 0 Å². The van der Waals surface area contributed by atoms with Crippen molar-refractivity contribution < 1.29 is 4.79 Å². The summed E-state index contributed by atoms with van der Waals surface area (Å²) in [6, 6.07) is 14.0. The van der Waals surface area contributed by atoms with Crippen molar-refractivity contribution in [2.75, 3.05) is 10.6 Å². The number of carbonyl (C=O) groups is 1. The normalized spacial score (nSPS) is 13.5. The molecule has 26 heavy (non-hydrogen) atoms. The molecule has 132 valence electrons. The predicted molar refractivity (Wildman–Crippen MR) is 105 cm³/mol. The third kappa shape index (κ3) is 3.69. The second-order valence-corrected chi connectivity index (χ2v) is 7.10. The number of hydrogen-bond donors (Lipinski definition) is 3. The molecule has 1 aromatic heterocycles. The number of halogens is 2. The second-order valence-electron chi connectivity index (χ2n) is 6.23. The first kappa shape index (κ1) is 16.9. The minimum absolute atomic E-state index is 0.334. The Hall–Kier alpha value is -2.50. The summed E-state index contributed by atoms with van der Waals surface area (Å²) in [5.74, 6) is 0.404. The van der Waals surface area contributed by atoms with Crippen LogP contribution in [0.4, 0.5) is 16.2 Å². The van der Waals surface area contributed by atoms with Crippen LogP contribution in [0.1, 0.15) is 24.5 Å². The summed E-state index contributed by atoms with van der Waals surface area (Å²) in [5, 5.41) is 14.5. The van der Waals surface area contributed by atoms with Gasteiger partial charge in [0.2, 0.25) is 0 Å². The fraction of sp³-hybridized carbons (Fsp3) is 0.158. The number of amides is 2. The molecule has 0 bridgehead atoms. The topological polar surface area (TPSA) is 69.8 Å². The van der Waals surface area contributed by atoms with Crippen LogP contribution in [-0.2, 0) is 0 Å². The summed E-state index contributed by atoms with van der Waals surface area (Å²) >= 11 is 12.0. The van der Waals surface area contributed by atoms with E-state index in [1.54, 1.807) is 30.3 Å². The molecule has 1 saturated carbocycles. The monoisotopic (exact) mass is 386 g/mol. The van der Waals surface area contributed by atoms with Crippen LogP contribution in [0.2, 0.25) is 10.0 Å². The summed E-state index contributed by atoms with van der Waals surface area (Å²) in [4.78, 5) is 12.5. The highest BCUT2D eigenvalue weighted by Crippen LogP contribution is 2.45. The number of aromatic amines is 1. The zero-order valence-electron chi connectivity index (χ0n) is 13.7. The van der Waals surface area contributed by atoms with Crippen LogP contribution in [0.3, 0.4) is 0 Å². The maximum Gasteiger partial charge on any atom is 0.323 e. The lowest BCUT2D eigenvalue weighted by atomic mass is 10.1. The van der Waals surface area contributed by atoms with Gasteiger partial charge in [0.25, 0.3) is 0 Å². The quantitative estimate of drug-likeness (QED) is 0.521. The summed E-state index contributed by atoms with van der Waals surface area (Å²) in [6.07, 6.45) is 2.18. The Morgan fingerprint density at radius 1 is 1.04 bits per heavy atom. The molecule has 0 unspecified atom stereocenters. The fourth-order valence-electron chi connectivity index (χ4n) is 2.80. The fourth-order valence-corrected chi connectivity index (χ4v) is 3.12. The molecule has 0 radical (unpaired) electrons. The van der Waals surface area contributed by atoms with Crippen molar-refractivity contribution in [1.29, 1.82) is 0 Å². The van der Waals surface area contributed by atoms with E-state index < -0.39 is 0 Å². The molecule has 1 aliphatic rings. The van der Waals surface area contributed by atoms with Gasteiger partial charge in [0, 0.05) is 27.2 Å². The van der Waals surface area contributed by atoms with Crippen LogP contribution < -0.4 is 10.6 Å². The SMILES string of the molecule is O=C(Nc1ccc(Cl)cc1)Nc1c(-c2cccc(Cl)c2)n[nH]c1C1CC1. The zero-order chi connectivity index (χ0) is 18.1. The van der Waals surface area contributed by atoms with Crippen LogP contribution in [0.15, 0.2) is 48.5 Å². The maximum atomic E-state index is 12.5. The summed E-state index contributed by atoms with van der Waals surface area (Å²) < 4.78 is 0. The molecule has 0 saturated heterocycles. The number of nitrogens with one attached hydrogen (secondary N) is 3. The van der Waals surface area contributed by atoms with Crippen molar-refractivity contribution in [3.05, 3.63) is 64.3 Å². The van der Waals surface area contributed by atoms with Gasteiger partial charge in [-0.15, -0.1) is 0 Å². The second kappa shape index (κ2) is 7.02. The Balaban J connectivity index is 1.61.